The zero-order valence-electron chi connectivity index (χ0n) is 10.7. The number of hydrogen-bond acceptors (Lipinski definition) is 5. The zero-order chi connectivity index (χ0) is 15.2. The smallest absolute Gasteiger partial charge is 0.307 e. The summed E-state index contributed by atoms with van der Waals surface area (Å²) in [7, 11) is -3.87. The number of sulfonamides is 1. The van der Waals surface area contributed by atoms with Gasteiger partial charge in [-0.1, -0.05) is 11.6 Å². The monoisotopic (exact) mass is 316 g/mol. The van der Waals surface area contributed by atoms with Crippen molar-refractivity contribution in [1.82, 2.24) is 4.72 Å². The highest BCUT2D eigenvalue weighted by Gasteiger charge is 2.18. The van der Waals surface area contributed by atoms with Gasteiger partial charge in [-0.3, -0.25) is 4.79 Å². The molecule has 0 spiro atoms. The highest BCUT2D eigenvalue weighted by Crippen LogP contribution is 2.22. The van der Waals surface area contributed by atoms with Gasteiger partial charge in [-0.05, 0) is 25.1 Å². The van der Waals surface area contributed by atoms with Gasteiger partial charge in [0.1, 0.15) is 4.90 Å². The third-order valence-electron chi connectivity index (χ3n) is 2.28. The summed E-state index contributed by atoms with van der Waals surface area (Å²) in [4.78, 5) is 10.9. The summed E-state index contributed by atoms with van der Waals surface area (Å²) in [5.41, 5.74) is 0.181. The van der Waals surface area contributed by atoms with Gasteiger partial charge in [0.15, 0.2) is 0 Å². The summed E-state index contributed by atoms with van der Waals surface area (Å²) in [5, 5.41) is 8.76. The Morgan fingerprint density at radius 2 is 2.20 bits per heavy atom. The minimum absolute atomic E-state index is 0.00707. The Kier molecular flexibility index (Phi) is 5.95. The van der Waals surface area contributed by atoms with E-state index in [0.717, 1.165) is 0 Å². The van der Waals surface area contributed by atoms with E-state index in [1.807, 2.05) is 6.07 Å². The Balaban J connectivity index is 2.79. The van der Waals surface area contributed by atoms with Crippen LogP contribution in [-0.2, 0) is 19.6 Å². The number of esters is 1. The Bertz CT molecular complexity index is 637. The van der Waals surface area contributed by atoms with Crippen LogP contribution in [-0.4, -0.2) is 27.5 Å². The average Bonchev–Trinajstić information content (AvgIpc) is 2.39. The lowest BCUT2D eigenvalue weighted by molar-refractivity contribution is -0.142. The molecule has 0 aliphatic carbocycles. The van der Waals surface area contributed by atoms with Gasteiger partial charge >= 0.3 is 5.97 Å². The van der Waals surface area contributed by atoms with Gasteiger partial charge in [-0.25, -0.2) is 13.1 Å². The van der Waals surface area contributed by atoms with Crippen molar-refractivity contribution in [1.29, 1.82) is 5.26 Å². The summed E-state index contributed by atoms with van der Waals surface area (Å²) < 4.78 is 30.9. The number of halogens is 1. The minimum Gasteiger partial charge on any atom is -0.466 e. The van der Waals surface area contributed by atoms with Gasteiger partial charge < -0.3 is 4.74 Å². The minimum atomic E-state index is -3.87. The van der Waals surface area contributed by atoms with Crippen LogP contribution in [0.3, 0.4) is 0 Å². The van der Waals surface area contributed by atoms with Crippen LogP contribution >= 0.6 is 11.6 Å². The Morgan fingerprint density at radius 1 is 1.50 bits per heavy atom. The van der Waals surface area contributed by atoms with Gasteiger partial charge in [0, 0.05) is 6.54 Å². The molecule has 108 valence electrons. The zero-order valence-corrected chi connectivity index (χ0v) is 12.3. The molecule has 0 heterocycles. The second-order valence-electron chi connectivity index (χ2n) is 3.71. The standard InChI is InChI=1S/C12H13ClN2O4S/c1-2-19-12(16)5-6-15-20(17,18)11-7-9(8-14)3-4-10(11)13/h3-4,7,15H,2,5-6H2,1H3. The summed E-state index contributed by atoms with van der Waals surface area (Å²) in [6.45, 7) is 1.80. The predicted molar refractivity (Wildman–Crippen MR) is 72.6 cm³/mol. The number of nitrogens with zero attached hydrogens (tertiary/aromatic N) is 1. The lowest BCUT2D eigenvalue weighted by Crippen LogP contribution is -2.27. The van der Waals surface area contributed by atoms with Crippen molar-refractivity contribution in [2.24, 2.45) is 0 Å². The number of hydrogen-bond donors (Lipinski definition) is 1. The van der Waals surface area contributed by atoms with Crippen molar-refractivity contribution in [3.8, 4) is 6.07 Å². The van der Waals surface area contributed by atoms with E-state index < -0.39 is 16.0 Å². The van der Waals surface area contributed by atoms with Gasteiger partial charge in [-0.15, -0.1) is 0 Å². The van der Waals surface area contributed by atoms with E-state index in [0.29, 0.717) is 0 Å². The maximum Gasteiger partial charge on any atom is 0.307 e. The second-order valence-corrected chi connectivity index (χ2v) is 5.85. The highest BCUT2D eigenvalue weighted by atomic mass is 35.5. The fourth-order valence-corrected chi connectivity index (χ4v) is 2.93. The second kappa shape index (κ2) is 7.24. The number of rotatable bonds is 6. The first-order chi connectivity index (χ1) is 9.40. The molecule has 1 aromatic rings. The number of carbonyl (C=O) groups is 1. The van der Waals surface area contributed by atoms with E-state index in [1.54, 1.807) is 6.92 Å². The van der Waals surface area contributed by atoms with E-state index in [9.17, 15) is 13.2 Å². The lowest BCUT2D eigenvalue weighted by atomic mass is 10.2. The van der Waals surface area contributed by atoms with Crippen molar-refractivity contribution in [2.75, 3.05) is 13.2 Å². The van der Waals surface area contributed by atoms with E-state index in [1.165, 1.54) is 18.2 Å². The highest BCUT2D eigenvalue weighted by molar-refractivity contribution is 7.89. The molecule has 0 radical (unpaired) electrons. The van der Waals surface area contributed by atoms with Crippen LogP contribution in [0.5, 0.6) is 0 Å². The van der Waals surface area contributed by atoms with Crippen molar-refractivity contribution in [3.05, 3.63) is 28.8 Å². The van der Waals surface area contributed by atoms with Crippen molar-refractivity contribution < 1.29 is 17.9 Å². The normalized spacial score (nSPS) is 10.8. The molecule has 0 aromatic heterocycles. The largest absolute Gasteiger partial charge is 0.466 e. The van der Waals surface area contributed by atoms with Crippen LogP contribution in [0, 0.1) is 11.3 Å². The quantitative estimate of drug-likeness (QED) is 0.801. The molecule has 0 amide bonds. The number of carbonyl (C=O) groups excluding carboxylic acids is 1. The van der Waals surface area contributed by atoms with E-state index in [4.69, 9.17) is 16.9 Å². The predicted octanol–water partition coefficient (Wildman–Crippen LogP) is 1.44. The van der Waals surface area contributed by atoms with Crippen LogP contribution in [0.4, 0.5) is 0 Å². The first-order valence-electron chi connectivity index (χ1n) is 5.75. The van der Waals surface area contributed by atoms with Crippen LogP contribution in [0.25, 0.3) is 0 Å². The lowest BCUT2D eigenvalue weighted by Gasteiger charge is -2.08. The topological polar surface area (TPSA) is 96.3 Å². The molecule has 0 saturated heterocycles. The summed E-state index contributed by atoms with van der Waals surface area (Å²) in [6.07, 6.45) is -0.0807. The molecule has 0 saturated carbocycles. The fourth-order valence-electron chi connectivity index (χ4n) is 1.38. The third-order valence-corrected chi connectivity index (χ3v) is 4.22. The van der Waals surface area contributed by atoms with Crippen LogP contribution in [0.15, 0.2) is 23.1 Å². The summed E-state index contributed by atoms with van der Waals surface area (Å²) in [5.74, 6) is -0.493. The molecule has 1 N–H and O–H groups in total. The van der Waals surface area contributed by atoms with Gasteiger partial charge in [-0.2, -0.15) is 5.26 Å². The molecule has 0 bridgehead atoms. The molecule has 0 aliphatic rings. The molecule has 0 atom stereocenters. The number of ether oxygens (including phenoxy) is 1. The van der Waals surface area contributed by atoms with Crippen LogP contribution in [0.1, 0.15) is 18.9 Å². The molecular weight excluding hydrogens is 304 g/mol. The molecule has 0 unspecified atom stereocenters. The molecule has 0 fully saturated rings. The Morgan fingerprint density at radius 3 is 2.80 bits per heavy atom. The maximum atomic E-state index is 12.0. The molecule has 1 aromatic carbocycles. The molecule has 8 heteroatoms. The van der Waals surface area contributed by atoms with E-state index in [-0.39, 0.29) is 35.1 Å². The first kappa shape index (κ1) is 16.4. The van der Waals surface area contributed by atoms with Gasteiger partial charge in [0.05, 0.1) is 29.7 Å². The number of benzene rings is 1. The maximum absolute atomic E-state index is 12.0. The Hall–Kier alpha value is -1.62. The fraction of sp³-hybridized carbons (Fsp3) is 0.333. The molecular formula is C12H13ClN2O4S. The van der Waals surface area contributed by atoms with E-state index in [2.05, 4.69) is 9.46 Å². The molecule has 20 heavy (non-hydrogen) atoms. The number of nitriles is 1. The first-order valence-corrected chi connectivity index (χ1v) is 7.61. The van der Waals surface area contributed by atoms with Crippen LogP contribution in [0.2, 0.25) is 5.02 Å². The van der Waals surface area contributed by atoms with Crippen molar-refractivity contribution in [3.63, 3.8) is 0 Å². The molecule has 0 aliphatic heterocycles. The summed E-state index contributed by atoms with van der Waals surface area (Å²) in [6, 6.07) is 5.76. The Labute approximate surface area is 122 Å². The van der Waals surface area contributed by atoms with Crippen molar-refractivity contribution >= 4 is 27.6 Å². The molecule has 6 nitrogen and oxygen atoms in total. The van der Waals surface area contributed by atoms with Crippen molar-refractivity contribution in [2.45, 2.75) is 18.2 Å². The molecule has 1 rings (SSSR count). The number of nitrogens with one attached hydrogen (secondary N) is 1. The van der Waals surface area contributed by atoms with Gasteiger partial charge in [0.25, 0.3) is 0 Å². The van der Waals surface area contributed by atoms with Crippen LogP contribution < -0.4 is 4.72 Å². The third kappa shape index (κ3) is 4.49. The van der Waals surface area contributed by atoms with E-state index >= 15 is 0 Å². The average molecular weight is 317 g/mol. The SMILES string of the molecule is CCOC(=O)CCNS(=O)(=O)c1cc(C#N)ccc1Cl. The summed E-state index contributed by atoms with van der Waals surface area (Å²) >= 11 is 5.81. The van der Waals surface area contributed by atoms with Gasteiger partial charge in [0.2, 0.25) is 10.0 Å².